The van der Waals surface area contributed by atoms with E-state index in [2.05, 4.69) is 5.32 Å². The van der Waals surface area contributed by atoms with Crippen molar-refractivity contribution in [3.63, 3.8) is 0 Å². The highest BCUT2D eigenvalue weighted by Crippen LogP contribution is 2.32. The molecule has 3 rings (SSSR count). The second-order valence-corrected chi connectivity index (χ2v) is 8.06. The van der Waals surface area contributed by atoms with E-state index in [0.717, 1.165) is 11.3 Å². The van der Waals surface area contributed by atoms with Gasteiger partial charge in [0.1, 0.15) is 11.4 Å². The Kier molecular flexibility index (Phi) is 7.13. The van der Waals surface area contributed by atoms with Crippen molar-refractivity contribution in [2.45, 2.75) is 46.8 Å². The van der Waals surface area contributed by atoms with Gasteiger partial charge in [-0.15, -0.1) is 0 Å². The van der Waals surface area contributed by atoms with Crippen LogP contribution in [0.1, 0.15) is 38.8 Å². The third-order valence-corrected chi connectivity index (χ3v) is 4.85. The minimum atomic E-state index is -0.349. The molecule has 0 spiro atoms. The Morgan fingerprint density at radius 3 is 2.19 bits per heavy atom. The molecule has 0 radical (unpaired) electrons. The van der Waals surface area contributed by atoms with Crippen molar-refractivity contribution < 1.29 is 19.1 Å². The average molecular weight is 423 g/mol. The van der Waals surface area contributed by atoms with Crippen molar-refractivity contribution in [2.24, 2.45) is 0 Å². The molecule has 2 amide bonds. The number of benzene rings is 2. The van der Waals surface area contributed by atoms with E-state index < -0.39 is 0 Å². The number of para-hydroxylation sites is 1. The number of nitrogens with zero attached hydrogens (tertiary/aromatic N) is 1. The monoisotopic (exact) mass is 422 g/mol. The van der Waals surface area contributed by atoms with E-state index in [9.17, 15) is 9.59 Å². The van der Waals surface area contributed by atoms with Crippen LogP contribution in [0.4, 0.5) is 5.69 Å². The van der Waals surface area contributed by atoms with Gasteiger partial charge in [-0.25, -0.2) is 0 Å². The zero-order valence-corrected chi connectivity index (χ0v) is 18.8. The van der Waals surface area contributed by atoms with E-state index in [1.165, 1.54) is 4.90 Å². The van der Waals surface area contributed by atoms with Gasteiger partial charge in [-0.05, 0) is 63.9 Å². The predicted octanol–water partition coefficient (Wildman–Crippen LogP) is 4.40. The summed E-state index contributed by atoms with van der Waals surface area (Å²) < 4.78 is 11.3. The summed E-state index contributed by atoms with van der Waals surface area (Å²) in [5.74, 6) is 0.0378. The first-order valence-electron chi connectivity index (χ1n) is 10.6. The van der Waals surface area contributed by atoms with Crippen LogP contribution in [0, 0.1) is 6.92 Å². The van der Waals surface area contributed by atoms with Crippen molar-refractivity contribution in [1.82, 2.24) is 4.90 Å². The van der Waals surface area contributed by atoms with Crippen molar-refractivity contribution >= 4 is 23.1 Å². The highest BCUT2D eigenvalue weighted by atomic mass is 16.5. The highest BCUT2D eigenvalue weighted by Gasteiger charge is 2.39. The number of ether oxygens (including phenoxy) is 2. The van der Waals surface area contributed by atoms with Crippen molar-refractivity contribution in [2.75, 3.05) is 18.5 Å². The van der Waals surface area contributed by atoms with Crippen LogP contribution in [-0.4, -0.2) is 42.1 Å². The molecule has 1 N–H and O–H groups in total. The normalized spacial score (nSPS) is 14.2. The number of aryl methyl sites for hydroxylation is 1. The zero-order chi connectivity index (χ0) is 22.5. The quantitative estimate of drug-likeness (QED) is 0.607. The molecule has 0 saturated heterocycles. The second kappa shape index (κ2) is 9.79. The maximum absolute atomic E-state index is 13.3. The van der Waals surface area contributed by atoms with Crippen LogP contribution in [0.2, 0.25) is 0 Å². The average Bonchev–Trinajstić information content (AvgIpc) is 2.94. The molecule has 0 aromatic heterocycles. The lowest BCUT2D eigenvalue weighted by molar-refractivity contribution is -0.137. The molecular weight excluding hydrogens is 392 g/mol. The minimum Gasteiger partial charge on any atom is -0.491 e. The number of hydrogen-bond donors (Lipinski definition) is 1. The summed E-state index contributed by atoms with van der Waals surface area (Å²) in [5.41, 5.74) is 3.07. The van der Waals surface area contributed by atoms with Crippen molar-refractivity contribution in [3.8, 4) is 5.75 Å². The molecule has 6 heteroatoms. The number of imide groups is 1. The third kappa shape index (κ3) is 5.33. The van der Waals surface area contributed by atoms with Crippen molar-refractivity contribution in [3.05, 3.63) is 65.4 Å². The van der Waals surface area contributed by atoms with Gasteiger partial charge in [0, 0.05) is 5.69 Å². The molecule has 0 bridgehead atoms. The zero-order valence-electron chi connectivity index (χ0n) is 18.8. The minimum absolute atomic E-state index is 0.0262. The number of amides is 2. The molecule has 0 fully saturated rings. The van der Waals surface area contributed by atoms with E-state index >= 15 is 0 Å². The first-order valence-corrected chi connectivity index (χ1v) is 10.6. The van der Waals surface area contributed by atoms with Gasteiger partial charge < -0.3 is 14.8 Å². The lowest BCUT2D eigenvalue weighted by Gasteiger charge is -2.16. The molecule has 6 nitrogen and oxygen atoms in total. The SMILES string of the molecule is Cc1ccccc1NC1=C(c2ccc(OC(C)C)cc2)C(=O)N(CCOC(C)C)C1=O. The van der Waals surface area contributed by atoms with E-state index in [0.29, 0.717) is 23.5 Å². The first-order chi connectivity index (χ1) is 14.8. The van der Waals surface area contributed by atoms with Crippen LogP contribution < -0.4 is 10.1 Å². The standard InChI is InChI=1S/C25H30N2O4/c1-16(2)30-15-14-27-24(28)22(19-10-12-20(13-11-19)31-17(3)4)23(25(27)29)26-21-9-7-6-8-18(21)5/h6-13,16-17,26H,14-15H2,1-5H3. The Morgan fingerprint density at radius 2 is 1.58 bits per heavy atom. The van der Waals surface area contributed by atoms with E-state index in [1.54, 1.807) is 0 Å². The van der Waals surface area contributed by atoms with Gasteiger partial charge in [-0.2, -0.15) is 0 Å². The summed E-state index contributed by atoms with van der Waals surface area (Å²) in [5, 5.41) is 3.21. The summed E-state index contributed by atoms with van der Waals surface area (Å²) in [4.78, 5) is 27.7. The molecule has 0 atom stereocenters. The van der Waals surface area contributed by atoms with E-state index in [-0.39, 0.29) is 36.3 Å². The van der Waals surface area contributed by atoms with Gasteiger partial charge in [0.2, 0.25) is 0 Å². The molecule has 0 unspecified atom stereocenters. The smallest absolute Gasteiger partial charge is 0.278 e. The number of nitrogens with one attached hydrogen (secondary N) is 1. The third-order valence-electron chi connectivity index (χ3n) is 4.85. The van der Waals surface area contributed by atoms with Crippen LogP contribution in [0.3, 0.4) is 0 Å². The van der Waals surface area contributed by atoms with E-state index in [4.69, 9.17) is 9.47 Å². The van der Waals surface area contributed by atoms with E-state index in [1.807, 2.05) is 83.1 Å². The van der Waals surface area contributed by atoms with Gasteiger partial charge in [0.25, 0.3) is 11.8 Å². The Morgan fingerprint density at radius 1 is 0.903 bits per heavy atom. The van der Waals surface area contributed by atoms with Crippen molar-refractivity contribution in [1.29, 1.82) is 0 Å². The van der Waals surface area contributed by atoms with Gasteiger partial charge in [0.15, 0.2) is 0 Å². The summed E-state index contributed by atoms with van der Waals surface area (Å²) in [6.45, 7) is 10.2. The molecule has 2 aromatic carbocycles. The molecule has 2 aromatic rings. The number of hydrogen-bond acceptors (Lipinski definition) is 5. The summed E-state index contributed by atoms with van der Waals surface area (Å²) in [7, 11) is 0. The Balaban J connectivity index is 1.95. The summed E-state index contributed by atoms with van der Waals surface area (Å²) in [6.07, 6.45) is 0.0767. The fourth-order valence-corrected chi connectivity index (χ4v) is 3.36. The lowest BCUT2D eigenvalue weighted by atomic mass is 10.0. The molecule has 0 aliphatic carbocycles. The molecule has 1 aliphatic heterocycles. The fourth-order valence-electron chi connectivity index (χ4n) is 3.36. The van der Waals surface area contributed by atoms with Crippen LogP contribution in [-0.2, 0) is 14.3 Å². The Labute approximate surface area is 183 Å². The first kappa shape index (κ1) is 22.6. The molecule has 1 aliphatic rings. The highest BCUT2D eigenvalue weighted by molar-refractivity contribution is 6.36. The van der Waals surface area contributed by atoms with Crippen LogP contribution >= 0.6 is 0 Å². The Hall–Kier alpha value is -3.12. The largest absolute Gasteiger partial charge is 0.491 e. The van der Waals surface area contributed by atoms with Gasteiger partial charge in [-0.1, -0.05) is 30.3 Å². The number of anilines is 1. The van der Waals surface area contributed by atoms with Crippen LogP contribution in [0.25, 0.3) is 5.57 Å². The molecule has 1 heterocycles. The number of carbonyl (C=O) groups is 2. The lowest BCUT2D eigenvalue weighted by Crippen LogP contribution is -2.35. The summed E-state index contributed by atoms with van der Waals surface area (Å²) in [6, 6.07) is 14.9. The fraction of sp³-hybridized carbons (Fsp3) is 0.360. The van der Waals surface area contributed by atoms with Gasteiger partial charge in [-0.3, -0.25) is 14.5 Å². The Bertz CT molecular complexity index is 977. The van der Waals surface area contributed by atoms with Gasteiger partial charge in [0.05, 0.1) is 30.9 Å². The molecular formula is C25H30N2O4. The van der Waals surface area contributed by atoms with Gasteiger partial charge >= 0.3 is 0 Å². The van der Waals surface area contributed by atoms with Crippen LogP contribution in [0.15, 0.2) is 54.2 Å². The molecule has 0 saturated carbocycles. The predicted molar refractivity (Wildman–Crippen MR) is 122 cm³/mol. The second-order valence-electron chi connectivity index (χ2n) is 8.06. The number of carbonyl (C=O) groups excluding carboxylic acids is 2. The maximum atomic E-state index is 13.3. The summed E-state index contributed by atoms with van der Waals surface area (Å²) >= 11 is 0. The van der Waals surface area contributed by atoms with Crippen LogP contribution in [0.5, 0.6) is 5.75 Å². The molecule has 164 valence electrons. The molecule has 31 heavy (non-hydrogen) atoms. The topological polar surface area (TPSA) is 67.9 Å². The maximum Gasteiger partial charge on any atom is 0.278 e. The number of rotatable bonds is 9.